The van der Waals surface area contributed by atoms with Gasteiger partial charge in [0.25, 0.3) is 11.8 Å². The van der Waals surface area contributed by atoms with Crippen LogP contribution in [-0.4, -0.2) is 34.8 Å². The Hall–Kier alpha value is -2.69. The number of aromatic nitrogens is 1. The number of carbonyl (C=O) groups is 2. The van der Waals surface area contributed by atoms with Crippen LogP contribution in [0.3, 0.4) is 0 Å². The Labute approximate surface area is 154 Å². The zero-order valence-electron chi connectivity index (χ0n) is 15.5. The van der Waals surface area contributed by atoms with E-state index in [9.17, 15) is 9.59 Å². The molecule has 1 aliphatic heterocycles. The van der Waals surface area contributed by atoms with Crippen molar-refractivity contribution in [1.29, 1.82) is 0 Å². The van der Waals surface area contributed by atoms with Crippen LogP contribution in [0.2, 0.25) is 0 Å². The van der Waals surface area contributed by atoms with E-state index in [1.165, 1.54) is 6.20 Å². The van der Waals surface area contributed by atoms with Crippen molar-refractivity contribution < 1.29 is 9.59 Å². The highest BCUT2D eigenvalue weighted by Crippen LogP contribution is 2.24. The van der Waals surface area contributed by atoms with Gasteiger partial charge in [0.05, 0.1) is 5.56 Å². The molecular formula is C21H25N3O2. The van der Waals surface area contributed by atoms with Gasteiger partial charge >= 0.3 is 0 Å². The third-order valence-corrected chi connectivity index (χ3v) is 4.81. The lowest BCUT2D eigenvalue weighted by atomic mass is 9.91. The van der Waals surface area contributed by atoms with Gasteiger partial charge in [0.1, 0.15) is 0 Å². The molecule has 1 fully saturated rings. The number of aryl methyl sites for hydroxylation is 1. The quantitative estimate of drug-likeness (QED) is 0.916. The van der Waals surface area contributed by atoms with Crippen LogP contribution < -0.4 is 5.32 Å². The Kier molecular flexibility index (Phi) is 5.35. The number of nitrogens with zero attached hydrogens (tertiary/aromatic N) is 2. The topological polar surface area (TPSA) is 62.3 Å². The molecule has 3 rings (SSSR count). The van der Waals surface area contributed by atoms with Gasteiger partial charge in [-0.25, -0.2) is 0 Å². The fourth-order valence-corrected chi connectivity index (χ4v) is 3.59. The highest BCUT2D eigenvalue weighted by Gasteiger charge is 2.26. The van der Waals surface area contributed by atoms with E-state index in [1.807, 2.05) is 24.0 Å². The third-order valence-electron chi connectivity index (χ3n) is 4.81. The number of anilines is 1. The Balaban J connectivity index is 1.79. The van der Waals surface area contributed by atoms with Crippen LogP contribution in [0, 0.1) is 18.8 Å². The fourth-order valence-electron chi connectivity index (χ4n) is 3.59. The summed E-state index contributed by atoms with van der Waals surface area (Å²) in [6.07, 6.45) is 4.31. The first kappa shape index (κ1) is 18.1. The van der Waals surface area contributed by atoms with Gasteiger partial charge in [-0.1, -0.05) is 19.9 Å². The van der Waals surface area contributed by atoms with Crippen LogP contribution in [0.15, 0.2) is 42.7 Å². The van der Waals surface area contributed by atoms with Gasteiger partial charge < -0.3 is 10.2 Å². The molecule has 2 amide bonds. The summed E-state index contributed by atoms with van der Waals surface area (Å²) in [7, 11) is 0. The summed E-state index contributed by atoms with van der Waals surface area (Å²) >= 11 is 0. The number of likely N-dealkylation sites (tertiary alicyclic amines) is 1. The minimum atomic E-state index is -0.231. The van der Waals surface area contributed by atoms with Gasteiger partial charge in [-0.2, -0.15) is 0 Å². The van der Waals surface area contributed by atoms with Crippen LogP contribution >= 0.6 is 0 Å². The minimum absolute atomic E-state index is 0.0280. The molecule has 1 saturated heterocycles. The van der Waals surface area contributed by atoms with Gasteiger partial charge in [-0.05, 0) is 55.0 Å². The van der Waals surface area contributed by atoms with E-state index in [4.69, 9.17) is 0 Å². The van der Waals surface area contributed by atoms with Crippen molar-refractivity contribution in [3.05, 3.63) is 59.4 Å². The zero-order chi connectivity index (χ0) is 18.7. The molecule has 0 bridgehead atoms. The molecule has 0 radical (unpaired) electrons. The van der Waals surface area contributed by atoms with E-state index in [0.29, 0.717) is 28.7 Å². The fraction of sp³-hybridized carbons (Fsp3) is 0.381. The van der Waals surface area contributed by atoms with Crippen LogP contribution in [0.25, 0.3) is 0 Å². The largest absolute Gasteiger partial charge is 0.338 e. The molecule has 1 aromatic carbocycles. The summed E-state index contributed by atoms with van der Waals surface area (Å²) in [5.74, 6) is 0.821. The molecule has 0 spiro atoms. The molecule has 2 atom stereocenters. The second-order valence-electron chi connectivity index (χ2n) is 7.38. The number of piperidine rings is 1. The molecule has 136 valence electrons. The van der Waals surface area contributed by atoms with Gasteiger partial charge in [0.15, 0.2) is 0 Å². The number of rotatable bonds is 3. The molecule has 1 aromatic heterocycles. The summed E-state index contributed by atoms with van der Waals surface area (Å²) in [5.41, 5.74) is 2.67. The van der Waals surface area contributed by atoms with E-state index >= 15 is 0 Å². The van der Waals surface area contributed by atoms with Crippen molar-refractivity contribution >= 4 is 17.5 Å². The summed E-state index contributed by atoms with van der Waals surface area (Å²) in [6.45, 7) is 7.86. The van der Waals surface area contributed by atoms with Crippen LogP contribution in [-0.2, 0) is 0 Å². The van der Waals surface area contributed by atoms with Gasteiger partial charge in [0, 0.05) is 36.7 Å². The first-order valence-electron chi connectivity index (χ1n) is 9.05. The normalized spacial score (nSPS) is 19.9. The van der Waals surface area contributed by atoms with Crippen molar-refractivity contribution in [2.75, 3.05) is 18.4 Å². The number of hydrogen-bond acceptors (Lipinski definition) is 3. The second kappa shape index (κ2) is 7.68. The highest BCUT2D eigenvalue weighted by molar-refractivity contribution is 6.05. The third kappa shape index (κ3) is 4.10. The van der Waals surface area contributed by atoms with Crippen LogP contribution in [0.1, 0.15) is 46.5 Å². The maximum atomic E-state index is 12.9. The number of carbonyl (C=O) groups excluding carboxylic acids is 2. The molecule has 0 aliphatic carbocycles. The second-order valence-corrected chi connectivity index (χ2v) is 7.38. The Morgan fingerprint density at radius 3 is 2.50 bits per heavy atom. The molecule has 5 nitrogen and oxygen atoms in total. The Morgan fingerprint density at radius 2 is 1.85 bits per heavy atom. The number of pyridine rings is 1. The lowest BCUT2D eigenvalue weighted by Gasteiger charge is -2.35. The standard InChI is InChI=1S/C21H25N3O2/c1-14-9-15(2)13-24(12-14)21(26)17-7-6-16(3)19(10-17)23-20(25)18-5-4-8-22-11-18/h4-8,10-11,14-15H,9,12-13H2,1-3H3,(H,23,25)/t14-,15+. The van der Waals surface area contributed by atoms with E-state index in [-0.39, 0.29) is 11.8 Å². The molecule has 2 heterocycles. The predicted octanol–water partition coefficient (Wildman–Crippen LogP) is 3.76. The molecule has 0 unspecified atom stereocenters. The molecule has 5 heteroatoms. The van der Waals surface area contributed by atoms with Gasteiger partial charge in [-0.3, -0.25) is 14.6 Å². The van der Waals surface area contributed by atoms with Gasteiger partial charge in [0.2, 0.25) is 0 Å². The minimum Gasteiger partial charge on any atom is -0.338 e. The molecular weight excluding hydrogens is 326 g/mol. The number of nitrogens with one attached hydrogen (secondary N) is 1. The summed E-state index contributed by atoms with van der Waals surface area (Å²) < 4.78 is 0. The highest BCUT2D eigenvalue weighted by atomic mass is 16.2. The lowest BCUT2D eigenvalue weighted by molar-refractivity contribution is 0.0623. The summed E-state index contributed by atoms with van der Waals surface area (Å²) in [6, 6.07) is 8.92. The van der Waals surface area contributed by atoms with E-state index < -0.39 is 0 Å². The lowest BCUT2D eigenvalue weighted by Crippen LogP contribution is -2.42. The molecule has 0 saturated carbocycles. The average molecular weight is 351 g/mol. The van der Waals surface area contributed by atoms with Crippen molar-refractivity contribution in [3.8, 4) is 0 Å². The van der Waals surface area contributed by atoms with Crippen molar-refractivity contribution in [2.45, 2.75) is 27.2 Å². The molecule has 1 N–H and O–H groups in total. The molecule has 2 aromatic rings. The van der Waals surface area contributed by atoms with E-state index in [0.717, 1.165) is 25.1 Å². The predicted molar refractivity (Wildman–Crippen MR) is 102 cm³/mol. The molecule has 26 heavy (non-hydrogen) atoms. The number of amides is 2. The number of hydrogen-bond donors (Lipinski definition) is 1. The summed E-state index contributed by atoms with van der Waals surface area (Å²) in [5, 5.41) is 2.89. The van der Waals surface area contributed by atoms with Crippen molar-refractivity contribution in [1.82, 2.24) is 9.88 Å². The van der Waals surface area contributed by atoms with Crippen LogP contribution in [0.5, 0.6) is 0 Å². The zero-order valence-corrected chi connectivity index (χ0v) is 15.5. The summed E-state index contributed by atoms with van der Waals surface area (Å²) in [4.78, 5) is 31.2. The van der Waals surface area contributed by atoms with Crippen LogP contribution in [0.4, 0.5) is 5.69 Å². The monoisotopic (exact) mass is 351 g/mol. The van der Waals surface area contributed by atoms with E-state index in [1.54, 1.807) is 24.4 Å². The van der Waals surface area contributed by atoms with Gasteiger partial charge in [-0.15, -0.1) is 0 Å². The van der Waals surface area contributed by atoms with Crippen molar-refractivity contribution in [2.24, 2.45) is 11.8 Å². The maximum absolute atomic E-state index is 12.9. The maximum Gasteiger partial charge on any atom is 0.257 e. The average Bonchev–Trinajstić information content (AvgIpc) is 2.63. The van der Waals surface area contributed by atoms with E-state index in [2.05, 4.69) is 24.1 Å². The molecule has 1 aliphatic rings. The Morgan fingerprint density at radius 1 is 1.12 bits per heavy atom. The first-order chi connectivity index (χ1) is 12.4. The smallest absolute Gasteiger partial charge is 0.257 e. The van der Waals surface area contributed by atoms with Crippen molar-refractivity contribution in [3.63, 3.8) is 0 Å². The number of benzene rings is 1. The first-order valence-corrected chi connectivity index (χ1v) is 9.05. The Bertz CT molecular complexity index is 794. The SMILES string of the molecule is Cc1ccc(C(=O)N2C[C@H](C)C[C@H](C)C2)cc1NC(=O)c1cccnc1.